The van der Waals surface area contributed by atoms with Gasteiger partial charge < -0.3 is 20.3 Å². The van der Waals surface area contributed by atoms with Gasteiger partial charge in [-0.2, -0.15) is 0 Å². The smallest absolute Gasteiger partial charge is 0.191 e. The molecule has 1 fully saturated rings. The van der Waals surface area contributed by atoms with E-state index in [2.05, 4.69) is 70.5 Å². The first-order chi connectivity index (χ1) is 15.1. The minimum atomic E-state index is 0.438. The fourth-order valence-electron chi connectivity index (χ4n) is 4.24. The highest BCUT2D eigenvalue weighted by molar-refractivity contribution is 5.79. The van der Waals surface area contributed by atoms with Crippen molar-refractivity contribution in [2.45, 2.75) is 59.0 Å². The van der Waals surface area contributed by atoms with Gasteiger partial charge in [0.1, 0.15) is 5.75 Å². The molecule has 1 aliphatic rings. The zero-order chi connectivity index (χ0) is 22.5. The van der Waals surface area contributed by atoms with Crippen LogP contribution in [0.25, 0.3) is 0 Å². The molecule has 31 heavy (non-hydrogen) atoms. The molecule has 1 atom stereocenters. The second-order valence-electron chi connectivity index (χ2n) is 8.74. The molecule has 0 saturated carbocycles. The number of benzene rings is 1. The third kappa shape index (κ3) is 9.48. The van der Waals surface area contributed by atoms with Crippen LogP contribution in [0, 0.1) is 5.92 Å². The first kappa shape index (κ1) is 25.5. The van der Waals surface area contributed by atoms with Crippen molar-refractivity contribution in [1.82, 2.24) is 20.4 Å². The molecule has 1 aromatic rings. The van der Waals surface area contributed by atoms with Gasteiger partial charge in [0.15, 0.2) is 5.96 Å². The maximum Gasteiger partial charge on any atom is 0.191 e. The average Bonchev–Trinajstić information content (AvgIpc) is 2.81. The van der Waals surface area contributed by atoms with Gasteiger partial charge in [0.05, 0.1) is 7.11 Å². The van der Waals surface area contributed by atoms with E-state index in [1.54, 1.807) is 7.11 Å². The summed E-state index contributed by atoms with van der Waals surface area (Å²) in [6.07, 6.45) is 4.86. The number of rotatable bonds is 12. The molecule has 0 bridgehead atoms. The number of aliphatic imine (C=N–C) groups is 1. The number of likely N-dealkylation sites (tertiary alicyclic amines) is 1. The van der Waals surface area contributed by atoms with Gasteiger partial charge in [0, 0.05) is 26.2 Å². The summed E-state index contributed by atoms with van der Waals surface area (Å²) in [4.78, 5) is 9.48. The van der Waals surface area contributed by atoms with Crippen molar-refractivity contribution >= 4 is 5.96 Å². The van der Waals surface area contributed by atoms with Crippen LogP contribution in [0.15, 0.2) is 29.3 Å². The minimum absolute atomic E-state index is 0.438. The zero-order valence-electron chi connectivity index (χ0n) is 20.5. The van der Waals surface area contributed by atoms with Gasteiger partial charge in [-0.05, 0) is 88.9 Å². The van der Waals surface area contributed by atoms with Crippen molar-refractivity contribution < 1.29 is 4.74 Å². The van der Waals surface area contributed by atoms with Gasteiger partial charge in [-0.3, -0.25) is 9.89 Å². The topological polar surface area (TPSA) is 52.1 Å². The Morgan fingerprint density at radius 2 is 1.87 bits per heavy atom. The van der Waals surface area contributed by atoms with Gasteiger partial charge in [0.2, 0.25) is 0 Å². The number of nitrogens with zero attached hydrogens (tertiary/aromatic N) is 3. The normalized spacial score (nSPS) is 17.0. The first-order valence-electron chi connectivity index (χ1n) is 12.1. The highest BCUT2D eigenvalue weighted by Crippen LogP contribution is 2.19. The second-order valence-corrected chi connectivity index (χ2v) is 8.74. The van der Waals surface area contributed by atoms with E-state index in [9.17, 15) is 0 Å². The SMILES string of the molecule is CCN(CC)CCCC(C)NC(=NC)NCC1CCN(Cc2ccc(OC)cc2)CC1. The molecule has 6 nitrogen and oxygen atoms in total. The maximum atomic E-state index is 5.25. The summed E-state index contributed by atoms with van der Waals surface area (Å²) < 4.78 is 5.25. The van der Waals surface area contributed by atoms with Crippen LogP contribution >= 0.6 is 0 Å². The summed E-state index contributed by atoms with van der Waals surface area (Å²) in [5.74, 6) is 2.58. The number of hydrogen-bond donors (Lipinski definition) is 2. The molecule has 2 N–H and O–H groups in total. The van der Waals surface area contributed by atoms with E-state index in [0.29, 0.717) is 12.0 Å². The van der Waals surface area contributed by atoms with Crippen molar-refractivity contribution in [3.63, 3.8) is 0 Å². The fourth-order valence-corrected chi connectivity index (χ4v) is 4.24. The van der Waals surface area contributed by atoms with Crippen molar-refractivity contribution in [2.24, 2.45) is 10.9 Å². The van der Waals surface area contributed by atoms with Gasteiger partial charge in [-0.1, -0.05) is 26.0 Å². The zero-order valence-corrected chi connectivity index (χ0v) is 20.5. The summed E-state index contributed by atoms with van der Waals surface area (Å²) in [5.41, 5.74) is 1.36. The van der Waals surface area contributed by atoms with Crippen LogP contribution in [-0.4, -0.2) is 75.2 Å². The molecule has 0 amide bonds. The quantitative estimate of drug-likeness (QED) is 0.391. The summed E-state index contributed by atoms with van der Waals surface area (Å²) in [6, 6.07) is 8.88. The molecule has 1 unspecified atom stereocenters. The fraction of sp³-hybridized carbons (Fsp3) is 0.720. The Morgan fingerprint density at radius 3 is 2.45 bits per heavy atom. The molecule has 1 saturated heterocycles. The van der Waals surface area contributed by atoms with Crippen LogP contribution in [0.5, 0.6) is 5.75 Å². The summed E-state index contributed by atoms with van der Waals surface area (Å²) in [7, 11) is 3.58. The monoisotopic (exact) mass is 431 g/mol. The van der Waals surface area contributed by atoms with E-state index in [4.69, 9.17) is 4.74 Å². The number of nitrogens with one attached hydrogen (secondary N) is 2. The molecule has 1 aliphatic heterocycles. The van der Waals surface area contributed by atoms with Crippen LogP contribution < -0.4 is 15.4 Å². The van der Waals surface area contributed by atoms with Gasteiger partial charge >= 0.3 is 0 Å². The van der Waals surface area contributed by atoms with Gasteiger partial charge in [0.25, 0.3) is 0 Å². The summed E-state index contributed by atoms with van der Waals surface area (Å²) >= 11 is 0. The molecular weight excluding hydrogens is 386 g/mol. The third-order valence-corrected chi connectivity index (χ3v) is 6.44. The lowest BCUT2D eigenvalue weighted by atomic mass is 9.96. The predicted molar refractivity (Wildman–Crippen MR) is 132 cm³/mol. The molecule has 0 aromatic heterocycles. The maximum absolute atomic E-state index is 5.25. The summed E-state index contributed by atoms with van der Waals surface area (Å²) in [5, 5.41) is 7.13. The Kier molecular flexibility index (Phi) is 11.8. The molecule has 0 radical (unpaired) electrons. The molecule has 6 heteroatoms. The van der Waals surface area contributed by atoms with Gasteiger partial charge in [-0.25, -0.2) is 0 Å². The van der Waals surface area contributed by atoms with E-state index in [1.165, 1.54) is 37.8 Å². The predicted octanol–water partition coefficient (Wildman–Crippen LogP) is 3.58. The summed E-state index contributed by atoms with van der Waals surface area (Å²) in [6.45, 7) is 14.5. The van der Waals surface area contributed by atoms with Crippen molar-refractivity contribution in [3.05, 3.63) is 29.8 Å². The van der Waals surface area contributed by atoms with Crippen LogP contribution in [-0.2, 0) is 6.54 Å². The molecule has 0 spiro atoms. The molecule has 176 valence electrons. The van der Waals surface area contributed by atoms with E-state index < -0.39 is 0 Å². The Morgan fingerprint density at radius 1 is 1.19 bits per heavy atom. The first-order valence-corrected chi connectivity index (χ1v) is 12.1. The largest absolute Gasteiger partial charge is 0.497 e. The van der Waals surface area contributed by atoms with E-state index >= 15 is 0 Å². The van der Waals surface area contributed by atoms with E-state index in [1.807, 2.05) is 7.05 Å². The number of guanidine groups is 1. The Bertz CT molecular complexity index is 621. The third-order valence-electron chi connectivity index (χ3n) is 6.44. The molecular formula is C25H45N5O. The minimum Gasteiger partial charge on any atom is -0.497 e. The van der Waals surface area contributed by atoms with Crippen LogP contribution in [0.1, 0.15) is 52.0 Å². The van der Waals surface area contributed by atoms with Gasteiger partial charge in [-0.15, -0.1) is 0 Å². The van der Waals surface area contributed by atoms with E-state index in [-0.39, 0.29) is 0 Å². The number of ether oxygens (including phenoxy) is 1. The van der Waals surface area contributed by atoms with Crippen LogP contribution in [0.4, 0.5) is 0 Å². The average molecular weight is 432 g/mol. The van der Waals surface area contributed by atoms with Crippen molar-refractivity contribution in [1.29, 1.82) is 0 Å². The van der Waals surface area contributed by atoms with Crippen LogP contribution in [0.3, 0.4) is 0 Å². The second kappa shape index (κ2) is 14.3. The molecule has 0 aliphatic carbocycles. The van der Waals surface area contributed by atoms with Crippen LogP contribution in [0.2, 0.25) is 0 Å². The van der Waals surface area contributed by atoms with Crippen molar-refractivity contribution in [2.75, 3.05) is 53.4 Å². The molecule has 2 rings (SSSR count). The number of hydrogen-bond acceptors (Lipinski definition) is 4. The lowest BCUT2D eigenvalue weighted by molar-refractivity contribution is 0.178. The number of piperidine rings is 1. The van der Waals surface area contributed by atoms with E-state index in [0.717, 1.165) is 51.0 Å². The Labute approximate surface area is 190 Å². The highest BCUT2D eigenvalue weighted by Gasteiger charge is 2.19. The lowest BCUT2D eigenvalue weighted by Crippen LogP contribution is -2.45. The molecule has 1 aromatic carbocycles. The lowest BCUT2D eigenvalue weighted by Gasteiger charge is -2.32. The Balaban J connectivity index is 1.63. The Hall–Kier alpha value is -1.79. The molecule has 1 heterocycles. The highest BCUT2D eigenvalue weighted by atomic mass is 16.5. The standard InChI is InChI=1S/C25H45N5O/c1-6-29(7-2)16-8-9-21(3)28-25(26-4)27-19-22-14-17-30(18-15-22)20-23-10-12-24(31-5)13-11-23/h10-13,21-22H,6-9,14-20H2,1-5H3,(H2,26,27,28). The van der Waals surface area contributed by atoms with Crippen molar-refractivity contribution in [3.8, 4) is 5.75 Å². The number of methoxy groups -OCH3 is 1.